The van der Waals surface area contributed by atoms with Crippen LogP contribution in [0.4, 0.5) is 10.5 Å². The molecule has 8 heteroatoms. The zero-order valence-corrected chi connectivity index (χ0v) is 16.3. The molecule has 8 nitrogen and oxygen atoms in total. The number of anilines is 1. The van der Waals surface area contributed by atoms with E-state index in [-0.39, 0.29) is 17.9 Å². The molecule has 1 aromatic carbocycles. The van der Waals surface area contributed by atoms with Gasteiger partial charge < -0.3 is 24.8 Å². The summed E-state index contributed by atoms with van der Waals surface area (Å²) in [5, 5.41) is 12.2. The van der Waals surface area contributed by atoms with Crippen molar-refractivity contribution in [2.45, 2.75) is 6.42 Å². The van der Waals surface area contributed by atoms with Crippen molar-refractivity contribution < 1.29 is 14.3 Å². The number of urea groups is 1. The molecule has 0 aromatic heterocycles. The van der Waals surface area contributed by atoms with Gasteiger partial charge in [-0.2, -0.15) is 5.26 Å². The number of benzene rings is 1. The fourth-order valence-electron chi connectivity index (χ4n) is 3.75. The largest absolute Gasteiger partial charge is 0.383 e. The normalized spacial score (nSPS) is 19.6. The van der Waals surface area contributed by atoms with Crippen molar-refractivity contribution in [2.75, 3.05) is 64.4 Å². The molecule has 0 saturated carbocycles. The summed E-state index contributed by atoms with van der Waals surface area (Å²) in [4.78, 5) is 30.2. The van der Waals surface area contributed by atoms with Crippen molar-refractivity contribution >= 4 is 17.6 Å². The number of hydrogen-bond donors (Lipinski definition) is 1. The highest BCUT2D eigenvalue weighted by Crippen LogP contribution is 2.21. The smallest absolute Gasteiger partial charge is 0.317 e. The highest BCUT2D eigenvalue weighted by molar-refractivity contribution is 5.79. The van der Waals surface area contributed by atoms with Crippen molar-refractivity contribution in [2.24, 2.45) is 5.92 Å². The van der Waals surface area contributed by atoms with Crippen molar-refractivity contribution in [1.82, 2.24) is 15.1 Å². The molecule has 2 aliphatic rings. The molecule has 2 saturated heterocycles. The van der Waals surface area contributed by atoms with Gasteiger partial charge in [0, 0.05) is 65.3 Å². The van der Waals surface area contributed by atoms with Gasteiger partial charge in [-0.05, 0) is 12.1 Å². The van der Waals surface area contributed by atoms with Crippen LogP contribution in [0.1, 0.15) is 12.0 Å². The van der Waals surface area contributed by atoms with E-state index in [4.69, 9.17) is 4.74 Å². The third-order valence-corrected chi connectivity index (χ3v) is 5.33. The Labute approximate surface area is 165 Å². The van der Waals surface area contributed by atoms with E-state index in [0.717, 1.165) is 5.69 Å². The molecule has 0 bridgehead atoms. The number of methoxy groups -OCH3 is 1. The number of piperazine rings is 1. The monoisotopic (exact) mass is 385 g/mol. The molecule has 0 spiro atoms. The third kappa shape index (κ3) is 4.73. The van der Waals surface area contributed by atoms with Gasteiger partial charge >= 0.3 is 6.03 Å². The number of nitriles is 1. The molecule has 28 heavy (non-hydrogen) atoms. The number of nitrogens with one attached hydrogen (secondary N) is 1. The van der Waals surface area contributed by atoms with Crippen LogP contribution >= 0.6 is 0 Å². The number of para-hydroxylation sites is 1. The first-order valence-corrected chi connectivity index (χ1v) is 9.66. The van der Waals surface area contributed by atoms with E-state index in [1.165, 1.54) is 0 Å². The minimum absolute atomic E-state index is 0.0870. The molecule has 0 aliphatic carbocycles. The van der Waals surface area contributed by atoms with Crippen LogP contribution in [0.15, 0.2) is 24.3 Å². The average Bonchev–Trinajstić information content (AvgIpc) is 3.10. The van der Waals surface area contributed by atoms with E-state index in [9.17, 15) is 14.9 Å². The molecule has 1 aromatic rings. The topological polar surface area (TPSA) is 88.9 Å². The molecule has 2 aliphatic heterocycles. The quantitative estimate of drug-likeness (QED) is 0.785. The number of carbonyl (C=O) groups is 2. The van der Waals surface area contributed by atoms with Crippen LogP contribution < -0.4 is 10.2 Å². The Hall–Kier alpha value is -2.79. The SMILES string of the molecule is COCCN1C[C@@H](CNC(=O)N2CCN(c3ccccc3C#N)CC2)CC1=O. The van der Waals surface area contributed by atoms with Crippen molar-refractivity contribution in [3.8, 4) is 6.07 Å². The van der Waals surface area contributed by atoms with Crippen molar-refractivity contribution in [3.05, 3.63) is 29.8 Å². The molecule has 3 rings (SSSR count). The van der Waals surface area contributed by atoms with Crippen LogP contribution in [0.3, 0.4) is 0 Å². The maximum Gasteiger partial charge on any atom is 0.317 e. The Morgan fingerprint density at radius 1 is 1.29 bits per heavy atom. The van der Waals surface area contributed by atoms with Crippen molar-refractivity contribution in [3.63, 3.8) is 0 Å². The van der Waals surface area contributed by atoms with E-state index in [0.29, 0.717) is 64.4 Å². The molecular formula is C20H27N5O3. The summed E-state index contributed by atoms with van der Waals surface area (Å²) in [7, 11) is 1.62. The van der Waals surface area contributed by atoms with Crippen LogP contribution in [0.2, 0.25) is 0 Å². The average molecular weight is 385 g/mol. The molecule has 1 atom stereocenters. The lowest BCUT2D eigenvalue weighted by atomic mass is 10.1. The fourth-order valence-corrected chi connectivity index (χ4v) is 3.75. The van der Waals surface area contributed by atoms with E-state index in [2.05, 4.69) is 16.3 Å². The molecule has 0 unspecified atom stereocenters. The number of ether oxygens (including phenoxy) is 1. The van der Waals surface area contributed by atoms with Crippen molar-refractivity contribution in [1.29, 1.82) is 5.26 Å². The summed E-state index contributed by atoms with van der Waals surface area (Å²) in [6.07, 6.45) is 0.475. The number of likely N-dealkylation sites (tertiary alicyclic amines) is 1. The Kier molecular flexibility index (Phi) is 6.71. The first kappa shape index (κ1) is 20.0. The van der Waals surface area contributed by atoms with Crippen LogP contribution in [-0.2, 0) is 9.53 Å². The molecule has 150 valence electrons. The first-order valence-electron chi connectivity index (χ1n) is 9.66. The van der Waals surface area contributed by atoms with Gasteiger partial charge in [-0.25, -0.2) is 4.79 Å². The summed E-state index contributed by atoms with van der Waals surface area (Å²) in [6, 6.07) is 9.68. The summed E-state index contributed by atoms with van der Waals surface area (Å²) >= 11 is 0. The van der Waals surface area contributed by atoms with E-state index < -0.39 is 0 Å². The van der Waals surface area contributed by atoms with Gasteiger partial charge in [-0.15, -0.1) is 0 Å². The first-order chi connectivity index (χ1) is 13.6. The summed E-state index contributed by atoms with van der Waals surface area (Å²) in [6.45, 7) is 4.91. The second-order valence-corrected chi connectivity index (χ2v) is 7.19. The van der Waals surface area contributed by atoms with Crippen LogP contribution in [0, 0.1) is 17.2 Å². The minimum atomic E-state index is -0.0870. The van der Waals surface area contributed by atoms with Crippen LogP contribution in [0.5, 0.6) is 0 Å². The Balaban J connectivity index is 1.43. The predicted molar refractivity (Wildman–Crippen MR) is 105 cm³/mol. The predicted octanol–water partition coefficient (Wildman–Crippen LogP) is 0.885. The third-order valence-electron chi connectivity index (χ3n) is 5.33. The molecule has 2 heterocycles. The number of hydrogen-bond acceptors (Lipinski definition) is 5. The second kappa shape index (κ2) is 9.42. The van der Waals surface area contributed by atoms with E-state index >= 15 is 0 Å². The summed E-state index contributed by atoms with van der Waals surface area (Å²) in [5.74, 6) is 0.276. The molecular weight excluding hydrogens is 358 g/mol. The zero-order chi connectivity index (χ0) is 19.9. The highest BCUT2D eigenvalue weighted by Gasteiger charge is 2.30. The lowest BCUT2D eigenvalue weighted by Crippen LogP contribution is -2.52. The van der Waals surface area contributed by atoms with Crippen LogP contribution in [0.25, 0.3) is 0 Å². The van der Waals surface area contributed by atoms with Crippen LogP contribution in [-0.4, -0.2) is 81.3 Å². The standard InChI is InChI=1S/C20H27N5O3/c1-28-11-10-25-15-16(12-19(25)26)14-22-20(27)24-8-6-23(7-9-24)18-5-3-2-4-17(18)13-21/h2-5,16H,6-12,14-15H2,1H3,(H,22,27)/t16-/m1/s1. The van der Waals surface area contributed by atoms with Gasteiger partial charge in [0.05, 0.1) is 17.9 Å². The minimum Gasteiger partial charge on any atom is -0.383 e. The molecule has 0 radical (unpaired) electrons. The number of rotatable bonds is 6. The van der Waals surface area contributed by atoms with Gasteiger partial charge in [0.1, 0.15) is 6.07 Å². The lowest BCUT2D eigenvalue weighted by molar-refractivity contribution is -0.128. The van der Waals surface area contributed by atoms with E-state index in [1.54, 1.807) is 16.9 Å². The van der Waals surface area contributed by atoms with Gasteiger partial charge in [0.15, 0.2) is 0 Å². The summed E-state index contributed by atoms with van der Waals surface area (Å²) < 4.78 is 5.03. The Morgan fingerprint density at radius 3 is 2.75 bits per heavy atom. The molecule has 3 amide bonds. The maximum absolute atomic E-state index is 12.5. The fraction of sp³-hybridized carbons (Fsp3) is 0.550. The second-order valence-electron chi connectivity index (χ2n) is 7.19. The molecule has 2 fully saturated rings. The van der Waals surface area contributed by atoms with Gasteiger partial charge in [0.25, 0.3) is 0 Å². The zero-order valence-electron chi connectivity index (χ0n) is 16.3. The van der Waals surface area contributed by atoms with E-state index in [1.807, 2.05) is 24.3 Å². The number of nitrogens with zero attached hydrogens (tertiary/aromatic N) is 4. The summed E-state index contributed by atoms with van der Waals surface area (Å²) in [5.41, 5.74) is 1.58. The highest BCUT2D eigenvalue weighted by atomic mass is 16.5. The molecule has 1 N–H and O–H groups in total. The van der Waals surface area contributed by atoms with Gasteiger partial charge in [-0.3, -0.25) is 4.79 Å². The van der Waals surface area contributed by atoms with Gasteiger partial charge in [-0.1, -0.05) is 12.1 Å². The Bertz CT molecular complexity index is 740. The number of carbonyl (C=O) groups excluding carboxylic acids is 2. The lowest BCUT2D eigenvalue weighted by Gasteiger charge is -2.36. The van der Waals surface area contributed by atoms with Gasteiger partial charge in [0.2, 0.25) is 5.91 Å². The maximum atomic E-state index is 12.5. The number of amides is 3. The Morgan fingerprint density at radius 2 is 2.04 bits per heavy atom.